The largest absolute Gasteiger partial charge is 0.438 e. The molecule has 9 nitrogen and oxygen atoms in total. The molecule has 4 aromatic heterocycles. The van der Waals surface area contributed by atoms with Crippen LogP contribution in [0.4, 0.5) is 23.4 Å². The van der Waals surface area contributed by atoms with Gasteiger partial charge in [0.15, 0.2) is 22.9 Å². The predicted octanol–water partition coefficient (Wildman–Crippen LogP) is 2.91. The van der Waals surface area contributed by atoms with Gasteiger partial charge in [-0.15, -0.1) is 0 Å². The van der Waals surface area contributed by atoms with Crippen molar-refractivity contribution in [2.75, 3.05) is 5.73 Å². The van der Waals surface area contributed by atoms with E-state index in [1.54, 1.807) is 30.3 Å². The molecule has 0 fully saturated rings. The van der Waals surface area contributed by atoms with Gasteiger partial charge in [-0.1, -0.05) is 18.2 Å². The van der Waals surface area contributed by atoms with Gasteiger partial charge in [0.05, 0.1) is 11.9 Å². The fourth-order valence-electron chi connectivity index (χ4n) is 3.37. The Bertz CT molecular complexity index is 1590. The highest BCUT2D eigenvalue weighted by Crippen LogP contribution is 2.29. The van der Waals surface area contributed by atoms with E-state index in [4.69, 9.17) is 5.73 Å². The Kier molecular flexibility index (Phi) is 4.55. The number of pyridine rings is 1. The number of nitrogens with zero attached hydrogens (tertiary/aromatic N) is 6. The summed E-state index contributed by atoms with van der Waals surface area (Å²) in [6.07, 6.45) is -3.44. The molecule has 0 aliphatic rings. The van der Waals surface area contributed by atoms with Gasteiger partial charge in [0, 0.05) is 11.8 Å². The first kappa shape index (κ1) is 20.5. The molecule has 4 heterocycles. The minimum Gasteiger partial charge on any atom is -0.382 e. The maximum absolute atomic E-state index is 14.2. The number of aromatic amines is 1. The first-order valence-corrected chi connectivity index (χ1v) is 9.42. The average Bonchev–Trinajstić information content (AvgIpc) is 3.12. The minimum atomic E-state index is -4.97. The second kappa shape index (κ2) is 7.32. The predicted molar refractivity (Wildman–Crippen MR) is 109 cm³/mol. The molecule has 0 aliphatic heterocycles. The maximum Gasteiger partial charge on any atom is 0.438 e. The van der Waals surface area contributed by atoms with Crippen LogP contribution in [-0.2, 0) is 12.7 Å². The molecule has 0 radical (unpaired) electrons. The van der Waals surface area contributed by atoms with E-state index >= 15 is 0 Å². The standard InChI is InChI=1S/C20H12F4N8O/c21-11-6-2-1-4-9(11)8-32-18-10(5-3-7-26-18)12(31-32)16-28-15(25)13-17(29-16)30-19(33)14(27-13)20(22,23)24/h1-7H,8H2,(H3,25,28,29,30,33). The zero-order chi connectivity index (χ0) is 23.3. The number of hydrogen-bond donors (Lipinski definition) is 2. The smallest absolute Gasteiger partial charge is 0.382 e. The number of benzene rings is 1. The molecule has 5 rings (SSSR count). The van der Waals surface area contributed by atoms with E-state index in [9.17, 15) is 22.4 Å². The van der Waals surface area contributed by atoms with Crippen LogP contribution in [0.5, 0.6) is 0 Å². The molecule has 0 amide bonds. The number of rotatable bonds is 3. The van der Waals surface area contributed by atoms with Gasteiger partial charge in [0.1, 0.15) is 17.0 Å². The summed E-state index contributed by atoms with van der Waals surface area (Å²) >= 11 is 0. The molecule has 0 atom stereocenters. The van der Waals surface area contributed by atoms with Crippen LogP contribution in [0.2, 0.25) is 0 Å². The minimum absolute atomic E-state index is 0.0522. The van der Waals surface area contributed by atoms with Gasteiger partial charge in [-0.3, -0.25) is 4.79 Å². The number of H-pyrrole nitrogens is 1. The molecular formula is C20H12F4N8O. The molecular weight excluding hydrogens is 444 g/mol. The molecule has 1 aromatic carbocycles. The van der Waals surface area contributed by atoms with E-state index < -0.39 is 28.8 Å². The Labute approximate surface area is 181 Å². The normalized spacial score (nSPS) is 12.0. The molecule has 13 heteroatoms. The molecule has 0 unspecified atom stereocenters. The van der Waals surface area contributed by atoms with Crippen molar-refractivity contribution in [1.29, 1.82) is 0 Å². The third-order valence-electron chi connectivity index (χ3n) is 4.85. The Morgan fingerprint density at radius 2 is 1.85 bits per heavy atom. The first-order chi connectivity index (χ1) is 15.7. The zero-order valence-electron chi connectivity index (χ0n) is 16.4. The molecule has 33 heavy (non-hydrogen) atoms. The monoisotopic (exact) mass is 456 g/mol. The summed E-state index contributed by atoms with van der Waals surface area (Å²) in [7, 11) is 0. The van der Waals surface area contributed by atoms with Crippen LogP contribution in [0.1, 0.15) is 11.3 Å². The number of nitrogens with two attached hydrogens (primary N) is 1. The summed E-state index contributed by atoms with van der Waals surface area (Å²) in [4.78, 5) is 29.7. The Balaban J connectivity index is 1.69. The van der Waals surface area contributed by atoms with Crippen molar-refractivity contribution in [1.82, 2.24) is 34.7 Å². The van der Waals surface area contributed by atoms with E-state index in [1.165, 1.54) is 16.9 Å². The van der Waals surface area contributed by atoms with E-state index in [-0.39, 0.29) is 29.5 Å². The summed E-state index contributed by atoms with van der Waals surface area (Å²) in [5.74, 6) is -0.867. The maximum atomic E-state index is 14.2. The van der Waals surface area contributed by atoms with Crippen molar-refractivity contribution in [2.24, 2.45) is 0 Å². The number of nitrogens with one attached hydrogen (secondary N) is 1. The third-order valence-corrected chi connectivity index (χ3v) is 4.85. The van der Waals surface area contributed by atoms with Gasteiger partial charge in [-0.05, 0) is 18.2 Å². The van der Waals surface area contributed by atoms with Gasteiger partial charge in [-0.25, -0.2) is 29.0 Å². The number of nitrogen functional groups attached to an aromatic ring is 1. The fraction of sp³-hybridized carbons (Fsp3) is 0.100. The van der Waals surface area contributed by atoms with Gasteiger partial charge in [0.2, 0.25) is 5.69 Å². The highest BCUT2D eigenvalue weighted by molar-refractivity contribution is 5.91. The van der Waals surface area contributed by atoms with Gasteiger partial charge >= 0.3 is 6.18 Å². The fourth-order valence-corrected chi connectivity index (χ4v) is 3.37. The Morgan fingerprint density at radius 1 is 1.06 bits per heavy atom. The highest BCUT2D eigenvalue weighted by Gasteiger charge is 2.37. The summed E-state index contributed by atoms with van der Waals surface area (Å²) < 4.78 is 54.7. The second-order valence-electron chi connectivity index (χ2n) is 7.01. The van der Waals surface area contributed by atoms with Crippen LogP contribution < -0.4 is 11.3 Å². The molecule has 3 N–H and O–H groups in total. The topological polar surface area (TPSA) is 128 Å². The highest BCUT2D eigenvalue weighted by atomic mass is 19.4. The van der Waals surface area contributed by atoms with Crippen LogP contribution in [0.3, 0.4) is 0 Å². The SMILES string of the molecule is Nc1nc(-c2nn(Cc3ccccc3F)c3ncccc23)nc2[nH]c(=O)c(C(F)(F)F)nc12. The molecule has 0 aliphatic carbocycles. The van der Waals surface area contributed by atoms with Gasteiger partial charge < -0.3 is 10.7 Å². The van der Waals surface area contributed by atoms with E-state index in [1.807, 2.05) is 4.98 Å². The number of fused-ring (bicyclic) bond motifs is 2. The van der Waals surface area contributed by atoms with Gasteiger partial charge in [-0.2, -0.15) is 18.3 Å². The molecule has 0 saturated heterocycles. The number of aromatic nitrogens is 7. The number of hydrogen-bond acceptors (Lipinski definition) is 7. The lowest BCUT2D eigenvalue weighted by atomic mass is 10.2. The number of halogens is 4. The van der Waals surface area contributed by atoms with Crippen LogP contribution in [-0.4, -0.2) is 34.7 Å². The lowest BCUT2D eigenvalue weighted by molar-refractivity contribution is -0.142. The van der Waals surface area contributed by atoms with Crippen molar-refractivity contribution in [3.05, 3.63) is 70.0 Å². The Hall–Kier alpha value is -4.42. The van der Waals surface area contributed by atoms with Crippen LogP contribution in [0.15, 0.2) is 47.4 Å². The zero-order valence-corrected chi connectivity index (χ0v) is 16.4. The second-order valence-corrected chi connectivity index (χ2v) is 7.01. The van der Waals surface area contributed by atoms with Crippen molar-refractivity contribution >= 4 is 28.0 Å². The number of anilines is 1. The van der Waals surface area contributed by atoms with Crippen molar-refractivity contribution < 1.29 is 17.6 Å². The summed E-state index contributed by atoms with van der Waals surface area (Å²) in [5, 5.41) is 4.93. The summed E-state index contributed by atoms with van der Waals surface area (Å²) in [6.45, 7) is 0.0522. The number of alkyl halides is 3. The molecule has 166 valence electrons. The van der Waals surface area contributed by atoms with Crippen LogP contribution >= 0.6 is 0 Å². The van der Waals surface area contributed by atoms with E-state index in [0.29, 0.717) is 16.6 Å². The molecule has 0 bridgehead atoms. The van der Waals surface area contributed by atoms with Crippen molar-refractivity contribution in [3.63, 3.8) is 0 Å². The molecule has 5 aromatic rings. The van der Waals surface area contributed by atoms with E-state index in [2.05, 4.69) is 25.0 Å². The average molecular weight is 456 g/mol. The van der Waals surface area contributed by atoms with E-state index in [0.717, 1.165) is 0 Å². The van der Waals surface area contributed by atoms with Crippen molar-refractivity contribution in [3.8, 4) is 11.5 Å². The molecule has 0 saturated carbocycles. The van der Waals surface area contributed by atoms with Gasteiger partial charge in [0.25, 0.3) is 5.56 Å². The molecule has 0 spiro atoms. The lowest BCUT2D eigenvalue weighted by Crippen LogP contribution is -2.24. The van der Waals surface area contributed by atoms with Crippen LogP contribution in [0.25, 0.3) is 33.7 Å². The summed E-state index contributed by atoms with van der Waals surface area (Å²) in [5.41, 5.74) is 3.01. The lowest BCUT2D eigenvalue weighted by Gasteiger charge is -2.07. The van der Waals surface area contributed by atoms with Crippen LogP contribution in [0, 0.1) is 5.82 Å². The van der Waals surface area contributed by atoms with Crippen molar-refractivity contribution in [2.45, 2.75) is 12.7 Å². The summed E-state index contributed by atoms with van der Waals surface area (Å²) in [6, 6.07) is 9.49. The Morgan fingerprint density at radius 3 is 2.61 bits per heavy atom. The first-order valence-electron chi connectivity index (χ1n) is 9.42. The third kappa shape index (κ3) is 3.52. The quantitative estimate of drug-likeness (QED) is 0.400.